The van der Waals surface area contributed by atoms with Crippen LogP contribution in [-0.2, 0) is 4.84 Å². The van der Waals surface area contributed by atoms with Gasteiger partial charge in [-0.05, 0) is 38.4 Å². The molecule has 20 heavy (non-hydrogen) atoms. The van der Waals surface area contributed by atoms with Gasteiger partial charge in [-0.3, -0.25) is 15.2 Å². The zero-order valence-corrected chi connectivity index (χ0v) is 13.1. The molecule has 0 aromatic rings. The number of aliphatic hydroxyl groups is 1. The lowest BCUT2D eigenvalue weighted by atomic mass is 9.82. The minimum Gasteiger partial charge on any atom is -0.390 e. The van der Waals surface area contributed by atoms with Gasteiger partial charge in [0.05, 0.1) is 25.0 Å². The van der Waals surface area contributed by atoms with Crippen LogP contribution in [0.3, 0.4) is 0 Å². The van der Waals surface area contributed by atoms with Crippen LogP contribution in [0.25, 0.3) is 0 Å². The van der Waals surface area contributed by atoms with Gasteiger partial charge in [0.15, 0.2) is 0 Å². The second-order valence-electron chi connectivity index (χ2n) is 6.57. The zero-order valence-electron chi connectivity index (χ0n) is 13.1. The molecular formula is C16H28N2O2. The van der Waals surface area contributed by atoms with Crippen molar-refractivity contribution in [3.63, 3.8) is 0 Å². The monoisotopic (exact) mass is 280 g/mol. The molecule has 0 bridgehead atoms. The Morgan fingerprint density at radius 1 is 1.30 bits per heavy atom. The Morgan fingerprint density at radius 2 is 1.95 bits per heavy atom. The SMILES string of the molecule is CONC1=CC(C)(C)C(O)C(N2CCCCC2)C=C1C. The summed E-state index contributed by atoms with van der Waals surface area (Å²) >= 11 is 0. The predicted molar refractivity (Wildman–Crippen MR) is 81.0 cm³/mol. The number of nitrogens with one attached hydrogen (secondary N) is 1. The third-order valence-corrected chi connectivity index (χ3v) is 4.47. The van der Waals surface area contributed by atoms with Crippen molar-refractivity contribution in [2.45, 2.75) is 52.2 Å². The molecule has 1 saturated heterocycles. The van der Waals surface area contributed by atoms with Gasteiger partial charge in [-0.2, -0.15) is 0 Å². The zero-order chi connectivity index (χ0) is 14.8. The van der Waals surface area contributed by atoms with Gasteiger partial charge >= 0.3 is 0 Å². The van der Waals surface area contributed by atoms with E-state index in [1.165, 1.54) is 19.3 Å². The Kier molecular flexibility index (Phi) is 4.89. The van der Waals surface area contributed by atoms with Crippen molar-refractivity contribution in [2.75, 3.05) is 20.2 Å². The van der Waals surface area contributed by atoms with E-state index in [1.54, 1.807) is 7.11 Å². The molecule has 114 valence electrons. The molecule has 1 heterocycles. The number of piperidine rings is 1. The highest BCUT2D eigenvalue weighted by atomic mass is 16.6. The van der Waals surface area contributed by atoms with E-state index in [1.807, 2.05) is 0 Å². The number of likely N-dealkylation sites (tertiary alicyclic amines) is 1. The molecule has 0 radical (unpaired) electrons. The van der Waals surface area contributed by atoms with E-state index in [4.69, 9.17) is 4.84 Å². The van der Waals surface area contributed by atoms with Crippen molar-refractivity contribution in [2.24, 2.45) is 5.41 Å². The minimum atomic E-state index is -0.410. The molecule has 1 aliphatic carbocycles. The summed E-state index contributed by atoms with van der Waals surface area (Å²) in [5.74, 6) is 0. The van der Waals surface area contributed by atoms with Crippen LogP contribution in [0.1, 0.15) is 40.0 Å². The standard InChI is InChI=1S/C16H28N2O2/c1-12-10-14(18-8-6-5-7-9-18)15(19)16(2,3)11-13(12)17-20-4/h10-11,14-15,17,19H,5-9H2,1-4H3. The lowest BCUT2D eigenvalue weighted by molar-refractivity contribution is 0.00594. The molecule has 2 N–H and O–H groups in total. The highest BCUT2D eigenvalue weighted by molar-refractivity contribution is 5.34. The number of hydroxylamine groups is 1. The summed E-state index contributed by atoms with van der Waals surface area (Å²) in [5, 5.41) is 10.8. The van der Waals surface area contributed by atoms with Gasteiger partial charge in [-0.25, -0.2) is 0 Å². The van der Waals surface area contributed by atoms with Crippen LogP contribution in [0.4, 0.5) is 0 Å². The van der Waals surface area contributed by atoms with Crippen LogP contribution in [0, 0.1) is 5.41 Å². The van der Waals surface area contributed by atoms with E-state index in [0.717, 1.165) is 24.4 Å². The maximum Gasteiger partial charge on any atom is 0.0817 e. The maximum absolute atomic E-state index is 10.8. The molecule has 1 aliphatic heterocycles. The molecule has 1 fully saturated rings. The third kappa shape index (κ3) is 3.25. The molecule has 4 heteroatoms. The average Bonchev–Trinajstić information content (AvgIpc) is 2.51. The van der Waals surface area contributed by atoms with E-state index in [9.17, 15) is 5.11 Å². The van der Waals surface area contributed by atoms with Crippen molar-refractivity contribution < 1.29 is 9.94 Å². The van der Waals surface area contributed by atoms with Gasteiger partial charge in [0.25, 0.3) is 0 Å². The summed E-state index contributed by atoms with van der Waals surface area (Å²) < 4.78 is 0. The topological polar surface area (TPSA) is 44.7 Å². The minimum absolute atomic E-state index is 0.0812. The van der Waals surface area contributed by atoms with Crippen molar-refractivity contribution in [1.82, 2.24) is 10.4 Å². The second kappa shape index (κ2) is 6.29. The molecular weight excluding hydrogens is 252 g/mol. The van der Waals surface area contributed by atoms with E-state index in [0.29, 0.717) is 0 Å². The number of hydrogen-bond donors (Lipinski definition) is 2. The van der Waals surface area contributed by atoms with Crippen LogP contribution >= 0.6 is 0 Å². The highest BCUT2D eigenvalue weighted by Gasteiger charge is 2.37. The average molecular weight is 280 g/mol. The fourth-order valence-electron chi connectivity index (χ4n) is 3.19. The largest absolute Gasteiger partial charge is 0.390 e. The maximum atomic E-state index is 10.8. The molecule has 4 nitrogen and oxygen atoms in total. The van der Waals surface area contributed by atoms with Crippen LogP contribution in [0.15, 0.2) is 23.4 Å². The van der Waals surface area contributed by atoms with Crippen LogP contribution in [0.5, 0.6) is 0 Å². The quantitative estimate of drug-likeness (QED) is 0.778. The molecule has 0 aromatic carbocycles. The molecule has 0 aromatic heterocycles. The first-order valence-corrected chi connectivity index (χ1v) is 7.58. The number of hydrogen-bond acceptors (Lipinski definition) is 4. The first-order valence-electron chi connectivity index (χ1n) is 7.58. The first kappa shape index (κ1) is 15.5. The van der Waals surface area contributed by atoms with Gasteiger partial charge in [-0.15, -0.1) is 0 Å². The van der Waals surface area contributed by atoms with Gasteiger partial charge < -0.3 is 5.11 Å². The normalized spacial score (nSPS) is 31.2. The molecule has 0 amide bonds. The molecule has 0 spiro atoms. The predicted octanol–water partition coefficient (Wildman–Crippen LogP) is 2.22. The van der Waals surface area contributed by atoms with Crippen molar-refractivity contribution in [3.8, 4) is 0 Å². The van der Waals surface area contributed by atoms with Gasteiger partial charge in [0.1, 0.15) is 0 Å². The summed E-state index contributed by atoms with van der Waals surface area (Å²) in [6.07, 6.45) is 7.62. The molecule has 2 unspecified atom stereocenters. The van der Waals surface area contributed by atoms with Gasteiger partial charge in [0, 0.05) is 5.41 Å². The second-order valence-corrected chi connectivity index (χ2v) is 6.57. The van der Waals surface area contributed by atoms with E-state index >= 15 is 0 Å². The molecule has 0 saturated carbocycles. The molecule has 2 atom stereocenters. The van der Waals surface area contributed by atoms with Crippen LogP contribution in [-0.4, -0.2) is 42.4 Å². The van der Waals surface area contributed by atoms with Crippen molar-refractivity contribution in [1.29, 1.82) is 0 Å². The lowest BCUT2D eigenvalue weighted by Gasteiger charge is -2.40. The Balaban J connectivity index is 2.29. The Morgan fingerprint density at radius 3 is 2.55 bits per heavy atom. The number of allylic oxidation sites excluding steroid dienone is 1. The van der Waals surface area contributed by atoms with Crippen LogP contribution in [0.2, 0.25) is 0 Å². The van der Waals surface area contributed by atoms with Crippen molar-refractivity contribution in [3.05, 3.63) is 23.4 Å². The summed E-state index contributed by atoms with van der Waals surface area (Å²) in [6.45, 7) is 8.39. The van der Waals surface area contributed by atoms with E-state index < -0.39 is 6.10 Å². The third-order valence-electron chi connectivity index (χ3n) is 4.47. The van der Waals surface area contributed by atoms with Crippen LogP contribution < -0.4 is 5.48 Å². The summed E-state index contributed by atoms with van der Waals surface area (Å²) in [4.78, 5) is 7.48. The fraction of sp³-hybridized carbons (Fsp3) is 0.750. The van der Waals surface area contributed by atoms with E-state index in [-0.39, 0.29) is 11.5 Å². The molecule has 2 rings (SSSR count). The Labute approximate surface area is 122 Å². The van der Waals surface area contributed by atoms with Crippen molar-refractivity contribution >= 4 is 0 Å². The smallest absolute Gasteiger partial charge is 0.0817 e. The lowest BCUT2D eigenvalue weighted by Crippen LogP contribution is -2.49. The highest BCUT2D eigenvalue weighted by Crippen LogP contribution is 2.34. The summed E-state index contributed by atoms with van der Waals surface area (Å²) in [7, 11) is 1.62. The Hall–Kier alpha value is -0.840. The number of nitrogens with zero attached hydrogens (tertiary/aromatic N) is 1. The fourth-order valence-corrected chi connectivity index (χ4v) is 3.19. The number of aliphatic hydroxyl groups excluding tert-OH is 1. The molecule has 2 aliphatic rings. The van der Waals surface area contributed by atoms with Gasteiger partial charge in [-0.1, -0.05) is 32.4 Å². The van der Waals surface area contributed by atoms with Gasteiger partial charge in [0.2, 0.25) is 0 Å². The first-order chi connectivity index (χ1) is 9.45. The summed E-state index contributed by atoms with van der Waals surface area (Å²) in [5.41, 5.74) is 4.73. The number of rotatable bonds is 3. The summed E-state index contributed by atoms with van der Waals surface area (Å²) in [6, 6.07) is 0.0812. The Bertz CT molecular complexity index is 395. The van der Waals surface area contributed by atoms with E-state index in [2.05, 4.69) is 43.3 Å².